The van der Waals surface area contributed by atoms with E-state index in [1.165, 1.54) is 11.1 Å². The van der Waals surface area contributed by atoms with E-state index in [1.807, 2.05) is 30.3 Å². The fraction of sp³-hybridized carbons (Fsp3) is 0.208. The first-order valence-corrected chi connectivity index (χ1v) is 9.00. The van der Waals surface area contributed by atoms with Crippen molar-refractivity contribution < 1.29 is 4.79 Å². The lowest BCUT2D eigenvalue weighted by molar-refractivity contribution is -0.120. The van der Waals surface area contributed by atoms with Gasteiger partial charge in [-0.15, -0.1) is 0 Å². The van der Waals surface area contributed by atoms with Gasteiger partial charge in [0.25, 0.3) is 0 Å². The summed E-state index contributed by atoms with van der Waals surface area (Å²) in [4.78, 5) is 12.8. The molecule has 0 bridgehead atoms. The van der Waals surface area contributed by atoms with Gasteiger partial charge in [0.1, 0.15) is 0 Å². The topological polar surface area (TPSA) is 29.1 Å². The van der Waals surface area contributed by atoms with E-state index in [0.29, 0.717) is 6.42 Å². The van der Waals surface area contributed by atoms with Crippen LogP contribution in [-0.4, -0.2) is 5.91 Å². The third-order valence-electron chi connectivity index (χ3n) is 4.79. The highest BCUT2D eigenvalue weighted by Gasteiger charge is 2.18. The lowest BCUT2D eigenvalue weighted by Crippen LogP contribution is -2.31. The van der Waals surface area contributed by atoms with E-state index in [-0.39, 0.29) is 11.9 Å². The smallest absolute Gasteiger partial charge is 0.225 e. The second kappa shape index (κ2) is 8.01. The standard InChI is InChI=1S/C24H25NO/c1-17-13-14-18(2)21(15-17)16-23(26)25-24(20-10-5-4-6-11-20)22-12-8-7-9-19(22)3/h4-15,24H,16H2,1-3H3,(H,25,26)/t24-/m0/s1. The van der Waals surface area contributed by atoms with Crippen molar-refractivity contribution in [2.75, 3.05) is 0 Å². The van der Waals surface area contributed by atoms with Gasteiger partial charge >= 0.3 is 0 Å². The molecule has 0 aliphatic carbocycles. The monoisotopic (exact) mass is 343 g/mol. The summed E-state index contributed by atoms with van der Waals surface area (Å²) < 4.78 is 0. The second-order valence-corrected chi connectivity index (χ2v) is 6.87. The van der Waals surface area contributed by atoms with Crippen molar-refractivity contribution in [3.05, 3.63) is 106 Å². The number of hydrogen-bond donors (Lipinski definition) is 1. The van der Waals surface area contributed by atoms with Crippen molar-refractivity contribution >= 4 is 5.91 Å². The van der Waals surface area contributed by atoms with Crippen molar-refractivity contribution in [3.8, 4) is 0 Å². The summed E-state index contributed by atoms with van der Waals surface area (Å²) in [5.74, 6) is 0.0378. The molecule has 0 saturated carbocycles. The van der Waals surface area contributed by atoms with Crippen LogP contribution in [-0.2, 0) is 11.2 Å². The first kappa shape index (κ1) is 17.9. The van der Waals surface area contributed by atoms with Crippen molar-refractivity contribution in [3.63, 3.8) is 0 Å². The predicted octanol–water partition coefficient (Wildman–Crippen LogP) is 5.06. The molecule has 3 rings (SSSR count). The normalized spacial score (nSPS) is 11.8. The van der Waals surface area contributed by atoms with Crippen LogP contribution in [0.1, 0.15) is 39.4 Å². The highest BCUT2D eigenvalue weighted by atomic mass is 16.1. The van der Waals surface area contributed by atoms with Gasteiger partial charge in [0.2, 0.25) is 5.91 Å². The van der Waals surface area contributed by atoms with Crippen LogP contribution in [0.3, 0.4) is 0 Å². The van der Waals surface area contributed by atoms with Crippen molar-refractivity contribution in [2.24, 2.45) is 0 Å². The molecule has 0 spiro atoms. The molecule has 1 amide bonds. The third-order valence-corrected chi connectivity index (χ3v) is 4.79. The highest BCUT2D eigenvalue weighted by molar-refractivity contribution is 5.80. The molecule has 3 aromatic carbocycles. The number of benzene rings is 3. The Kier molecular flexibility index (Phi) is 5.52. The minimum absolute atomic E-state index is 0.0378. The van der Waals surface area contributed by atoms with Crippen LogP contribution in [0, 0.1) is 20.8 Å². The van der Waals surface area contributed by atoms with Gasteiger partial charge in [-0.2, -0.15) is 0 Å². The van der Waals surface area contributed by atoms with Crippen LogP contribution in [0.25, 0.3) is 0 Å². The maximum absolute atomic E-state index is 12.8. The predicted molar refractivity (Wildman–Crippen MR) is 107 cm³/mol. The zero-order valence-electron chi connectivity index (χ0n) is 15.6. The largest absolute Gasteiger partial charge is 0.345 e. The average molecular weight is 343 g/mol. The van der Waals surface area contributed by atoms with E-state index in [1.54, 1.807) is 0 Å². The van der Waals surface area contributed by atoms with Crippen molar-refractivity contribution in [2.45, 2.75) is 33.2 Å². The molecule has 0 aliphatic rings. The van der Waals surface area contributed by atoms with Gasteiger partial charge in [-0.25, -0.2) is 0 Å². The Morgan fingerprint density at radius 3 is 2.27 bits per heavy atom. The molecule has 3 aromatic rings. The molecule has 0 saturated heterocycles. The molecular formula is C24H25NO. The van der Waals surface area contributed by atoms with Crippen LogP contribution in [0.4, 0.5) is 0 Å². The average Bonchev–Trinajstić information content (AvgIpc) is 2.64. The number of nitrogens with one attached hydrogen (secondary N) is 1. The SMILES string of the molecule is Cc1ccc(C)c(CC(=O)N[C@@H](c2ccccc2)c2ccccc2C)c1. The molecule has 0 unspecified atom stereocenters. The Morgan fingerprint density at radius 1 is 0.846 bits per heavy atom. The number of amides is 1. The Labute approximate surface area is 155 Å². The zero-order chi connectivity index (χ0) is 18.5. The summed E-state index contributed by atoms with van der Waals surface area (Å²) >= 11 is 0. The van der Waals surface area contributed by atoms with Crippen molar-refractivity contribution in [1.82, 2.24) is 5.32 Å². The summed E-state index contributed by atoms with van der Waals surface area (Å²) in [5, 5.41) is 3.25. The number of carbonyl (C=O) groups is 1. The molecule has 26 heavy (non-hydrogen) atoms. The van der Waals surface area contributed by atoms with Crippen LogP contribution in [0.15, 0.2) is 72.8 Å². The molecular weight excluding hydrogens is 318 g/mol. The van der Waals surface area contributed by atoms with Crippen LogP contribution in [0.2, 0.25) is 0 Å². The molecule has 0 aliphatic heterocycles. The molecule has 1 atom stereocenters. The summed E-state index contributed by atoms with van der Waals surface area (Å²) in [6, 6.07) is 24.5. The van der Waals surface area contributed by atoms with E-state index >= 15 is 0 Å². The quantitative estimate of drug-likeness (QED) is 0.689. The van der Waals surface area contributed by atoms with Gasteiger partial charge in [-0.3, -0.25) is 4.79 Å². The van der Waals surface area contributed by atoms with Crippen LogP contribution >= 0.6 is 0 Å². The number of hydrogen-bond acceptors (Lipinski definition) is 1. The number of rotatable bonds is 5. The van der Waals surface area contributed by atoms with Crippen LogP contribution < -0.4 is 5.32 Å². The molecule has 132 valence electrons. The van der Waals surface area contributed by atoms with E-state index in [2.05, 4.69) is 68.6 Å². The number of carbonyl (C=O) groups excluding carboxylic acids is 1. The lowest BCUT2D eigenvalue weighted by atomic mass is 9.94. The van der Waals surface area contributed by atoms with E-state index < -0.39 is 0 Å². The molecule has 0 radical (unpaired) electrons. The van der Waals surface area contributed by atoms with E-state index in [0.717, 1.165) is 22.3 Å². The maximum atomic E-state index is 12.8. The van der Waals surface area contributed by atoms with Gasteiger partial charge in [-0.05, 0) is 48.6 Å². The Morgan fingerprint density at radius 2 is 1.54 bits per heavy atom. The summed E-state index contributed by atoms with van der Waals surface area (Å²) in [7, 11) is 0. The minimum atomic E-state index is -0.144. The first-order valence-electron chi connectivity index (χ1n) is 9.00. The number of aryl methyl sites for hydroxylation is 3. The maximum Gasteiger partial charge on any atom is 0.225 e. The second-order valence-electron chi connectivity index (χ2n) is 6.87. The Bertz CT molecular complexity index is 899. The summed E-state index contributed by atoms with van der Waals surface area (Å²) in [6.07, 6.45) is 0.392. The van der Waals surface area contributed by atoms with Gasteiger partial charge < -0.3 is 5.32 Å². The molecule has 0 fully saturated rings. The van der Waals surface area contributed by atoms with Gasteiger partial charge in [0.15, 0.2) is 0 Å². The summed E-state index contributed by atoms with van der Waals surface area (Å²) in [6.45, 7) is 6.20. The highest BCUT2D eigenvalue weighted by Crippen LogP contribution is 2.25. The van der Waals surface area contributed by atoms with Crippen LogP contribution in [0.5, 0.6) is 0 Å². The fourth-order valence-electron chi connectivity index (χ4n) is 3.27. The Balaban J connectivity index is 1.87. The van der Waals surface area contributed by atoms with E-state index in [4.69, 9.17) is 0 Å². The van der Waals surface area contributed by atoms with Gasteiger partial charge in [-0.1, -0.05) is 78.4 Å². The third kappa shape index (κ3) is 4.20. The zero-order valence-corrected chi connectivity index (χ0v) is 15.6. The molecule has 2 nitrogen and oxygen atoms in total. The summed E-state index contributed by atoms with van der Waals surface area (Å²) in [5.41, 5.74) is 6.81. The van der Waals surface area contributed by atoms with Gasteiger partial charge in [0.05, 0.1) is 12.5 Å². The van der Waals surface area contributed by atoms with E-state index in [9.17, 15) is 4.79 Å². The molecule has 0 aromatic heterocycles. The molecule has 1 N–H and O–H groups in total. The van der Waals surface area contributed by atoms with Gasteiger partial charge in [0, 0.05) is 0 Å². The Hall–Kier alpha value is -2.87. The molecule has 2 heteroatoms. The molecule has 0 heterocycles. The fourth-order valence-corrected chi connectivity index (χ4v) is 3.27. The lowest BCUT2D eigenvalue weighted by Gasteiger charge is -2.22. The first-order chi connectivity index (χ1) is 12.5. The van der Waals surface area contributed by atoms with Crippen molar-refractivity contribution in [1.29, 1.82) is 0 Å². The minimum Gasteiger partial charge on any atom is -0.345 e.